The summed E-state index contributed by atoms with van der Waals surface area (Å²) in [6.07, 6.45) is -8.08. The SMILES string of the molecule is CCC(CC(CC(C)C(=O)O)C(=O)OCCCOCCCOCCCOCCCOCCCOCCCO)C(=O)OCCC(F)(F)C(F)(F)C(F)(F)C(F)(F)C(F)(F)C(F)(F)F. The molecule has 0 aliphatic rings. The van der Waals surface area contributed by atoms with Gasteiger partial charge in [0.05, 0.1) is 37.4 Å². The lowest BCUT2D eigenvalue weighted by Gasteiger charge is -2.39. The smallest absolute Gasteiger partial charge is 0.460 e. The van der Waals surface area contributed by atoms with Gasteiger partial charge in [0, 0.05) is 79.1 Å². The number of halogens is 13. The Balaban J connectivity index is 4.72. The summed E-state index contributed by atoms with van der Waals surface area (Å²) in [4.78, 5) is 36.9. The van der Waals surface area contributed by atoms with Crippen LogP contribution in [0.1, 0.15) is 78.1 Å². The molecule has 0 saturated heterocycles. The third kappa shape index (κ3) is 19.6. The zero-order valence-electron chi connectivity index (χ0n) is 34.4. The van der Waals surface area contributed by atoms with Crippen LogP contribution in [0.25, 0.3) is 0 Å². The zero-order chi connectivity index (χ0) is 47.7. The lowest BCUT2D eigenvalue weighted by atomic mass is 9.86. The number of rotatable bonds is 38. The van der Waals surface area contributed by atoms with E-state index in [0.717, 1.165) is 12.8 Å². The summed E-state index contributed by atoms with van der Waals surface area (Å²) in [7, 11) is 0. The van der Waals surface area contributed by atoms with Crippen molar-refractivity contribution < 1.29 is 115 Å². The van der Waals surface area contributed by atoms with E-state index in [1.165, 1.54) is 13.8 Å². The number of carboxylic acids is 1. The van der Waals surface area contributed by atoms with Crippen molar-refractivity contribution in [2.75, 3.05) is 85.9 Å². The molecule has 0 bridgehead atoms. The normalized spacial score (nSPS) is 14.7. The molecule has 0 heterocycles. The minimum atomic E-state index is -8.07. The van der Waals surface area contributed by atoms with Crippen LogP contribution in [-0.2, 0) is 47.5 Å². The number of alkyl halides is 13. The van der Waals surface area contributed by atoms with Crippen molar-refractivity contribution in [2.24, 2.45) is 17.8 Å². The standard InChI is InChI=1S/C37H57F13O12/c1-3-27(30(54)62-23-10-32(38,39)33(40,41)34(42,43)35(44,45)36(46,47)37(48,49)50)25-28(24-26(2)29(52)53)31(55)61-22-9-21-60-20-8-19-59-18-7-17-58-16-6-15-57-14-5-13-56-12-4-11-51/h26-28,51H,3-25H2,1-2H3,(H,52,53). The number of hydrogen-bond acceptors (Lipinski definition) is 11. The van der Waals surface area contributed by atoms with E-state index in [-0.39, 0.29) is 32.7 Å². The highest BCUT2D eigenvalue weighted by atomic mass is 19.4. The van der Waals surface area contributed by atoms with Crippen LogP contribution in [0.5, 0.6) is 0 Å². The molecule has 62 heavy (non-hydrogen) atoms. The summed E-state index contributed by atoms with van der Waals surface area (Å²) in [5.41, 5.74) is 0. The number of carbonyl (C=O) groups is 3. The van der Waals surface area contributed by atoms with Gasteiger partial charge in [-0.05, 0) is 51.4 Å². The minimum absolute atomic E-state index is 0.0978. The van der Waals surface area contributed by atoms with Gasteiger partial charge in [0.2, 0.25) is 0 Å². The van der Waals surface area contributed by atoms with E-state index in [9.17, 15) is 76.6 Å². The van der Waals surface area contributed by atoms with Crippen molar-refractivity contribution in [3.05, 3.63) is 0 Å². The molecule has 0 aromatic rings. The van der Waals surface area contributed by atoms with Gasteiger partial charge in [-0.25, -0.2) is 0 Å². The van der Waals surface area contributed by atoms with E-state index in [1.54, 1.807) is 0 Å². The molecule has 0 amide bonds. The number of hydrogen-bond donors (Lipinski definition) is 2. The third-order valence-corrected chi connectivity index (χ3v) is 8.88. The van der Waals surface area contributed by atoms with E-state index >= 15 is 0 Å². The molecule has 2 N–H and O–H groups in total. The van der Waals surface area contributed by atoms with Gasteiger partial charge < -0.3 is 43.4 Å². The second-order valence-electron chi connectivity index (χ2n) is 14.0. The van der Waals surface area contributed by atoms with Gasteiger partial charge in [-0.15, -0.1) is 0 Å². The second-order valence-corrected chi connectivity index (χ2v) is 14.0. The van der Waals surface area contributed by atoms with Gasteiger partial charge in [-0.2, -0.15) is 57.1 Å². The van der Waals surface area contributed by atoms with Crippen LogP contribution in [0.2, 0.25) is 0 Å². The fourth-order valence-corrected chi connectivity index (χ4v) is 5.13. The number of ether oxygens (including phenoxy) is 7. The average molecular weight is 941 g/mol. The first kappa shape index (κ1) is 59.3. The molecule has 3 atom stereocenters. The van der Waals surface area contributed by atoms with Crippen LogP contribution in [0.15, 0.2) is 0 Å². The molecule has 0 fully saturated rings. The predicted octanol–water partition coefficient (Wildman–Crippen LogP) is 7.76. The maximum absolute atomic E-state index is 14.1. The van der Waals surface area contributed by atoms with Crippen molar-refractivity contribution in [1.29, 1.82) is 0 Å². The zero-order valence-corrected chi connectivity index (χ0v) is 34.4. The van der Waals surface area contributed by atoms with Gasteiger partial charge in [0.25, 0.3) is 0 Å². The van der Waals surface area contributed by atoms with Crippen LogP contribution in [0, 0.1) is 17.8 Å². The summed E-state index contributed by atoms with van der Waals surface area (Å²) < 4.78 is 211. The first-order valence-electron chi connectivity index (χ1n) is 19.8. The van der Waals surface area contributed by atoms with E-state index in [0.29, 0.717) is 78.7 Å². The van der Waals surface area contributed by atoms with E-state index in [4.69, 9.17) is 33.5 Å². The molecule has 12 nitrogen and oxygen atoms in total. The summed E-state index contributed by atoms with van der Waals surface area (Å²) in [6, 6.07) is 0. The number of esters is 2. The summed E-state index contributed by atoms with van der Waals surface area (Å²) in [6.45, 7) is 4.95. The van der Waals surface area contributed by atoms with Crippen LogP contribution in [0.4, 0.5) is 57.1 Å². The number of aliphatic hydroxyl groups excluding tert-OH is 1. The fourth-order valence-electron chi connectivity index (χ4n) is 5.13. The van der Waals surface area contributed by atoms with Crippen LogP contribution in [0.3, 0.4) is 0 Å². The first-order chi connectivity index (χ1) is 28.8. The number of carboxylic acid groups (broad SMARTS) is 1. The molecular formula is C37H57F13O12. The number of aliphatic carboxylic acids is 1. The molecule has 25 heteroatoms. The Kier molecular flexibility index (Phi) is 27.6. The minimum Gasteiger partial charge on any atom is -0.481 e. The summed E-state index contributed by atoms with van der Waals surface area (Å²) in [5, 5.41) is 18.0. The van der Waals surface area contributed by atoms with Crippen molar-refractivity contribution in [1.82, 2.24) is 0 Å². The second kappa shape index (κ2) is 28.9. The van der Waals surface area contributed by atoms with Gasteiger partial charge >= 0.3 is 53.7 Å². The molecule has 0 aromatic carbocycles. The molecule has 0 saturated carbocycles. The fraction of sp³-hybridized carbons (Fsp3) is 0.919. The quantitative estimate of drug-likeness (QED) is 0.0353. The van der Waals surface area contributed by atoms with Crippen LogP contribution < -0.4 is 0 Å². The summed E-state index contributed by atoms with van der Waals surface area (Å²) in [5.74, 6) is -45.9. The Morgan fingerprint density at radius 3 is 1.21 bits per heavy atom. The highest BCUT2D eigenvalue weighted by Crippen LogP contribution is 2.60. The van der Waals surface area contributed by atoms with Gasteiger partial charge in [0.1, 0.15) is 0 Å². The highest BCUT2D eigenvalue weighted by Gasteiger charge is 2.90. The third-order valence-electron chi connectivity index (χ3n) is 8.88. The van der Waals surface area contributed by atoms with Crippen LogP contribution in [-0.4, -0.2) is 150 Å². The Morgan fingerprint density at radius 1 is 0.484 bits per heavy atom. The van der Waals surface area contributed by atoms with Gasteiger partial charge in [0.15, 0.2) is 0 Å². The molecule has 0 radical (unpaired) electrons. The predicted molar refractivity (Wildman–Crippen MR) is 190 cm³/mol. The van der Waals surface area contributed by atoms with Crippen molar-refractivity contribution in [2.45, 2.75) is 114 Å². The Hall–Kier alpha value is -2.74. The highest BCUT2D eigenvalue weighted by molar-refractivity contribution is 5.77. The first-order valence-corrected chi connectivity index (χ1v) is 19.8. The van der Waals surface area contributed by atoms with E-state index in [2.05, 4.69) is 4.74 Å². The van der Waals surface area contributed by atoms with Crippen molar-refractivity contribution in [3.8, 4) is 0 Å². The van der Waals surface area contributed by atoms with E-state index < -0.39 is 97.3 Å². The Labute approximate surface area is 350 Å². The molecule has 0 aromatic heterocycles. The van der Waals surface area contributed by atoms with Gasteiger partial charge in [-0.3, -0.25) is 14.4 Å². The van der Waals surface area contributed by atoms with Crippen molar-refractivity contribution in [3.63, 3.8) is 0 Å². The monoisotopic (exact) mass is 940 g/mol. The Morgan fingerprint density at radius 2 is 0.839 bits per heavy atom. The number of aliphatic hydroxyl groups is 1. The lowest BCUT2D eigenvalue weighted by Crippen LogP contribution is -2.70. The number of carbonyl (C=O) groups excluding carboxylic acids is 2. The van der Waals surface area contributed by atoms with Gasteiger partial charge in [-0.1, -0.05) is 13.8 Å². The molecule has 0 aliphatic heterocycles. The molecular weight excluding hydrogens is 883 g/mol. The maximum Gasteiger partial charge on any atom is 0.460 e. The molecule has 3 unspecified atom stereocenters. The van der Waals surface area contributed by atoms with E-state index in [1.807, 2.05) is 0 Å². The average Bonchev–Trinajstić information content (AvgIpc) is 3.18. The topological polar surface area (TPSA) is 156 Å². The lowest BCUT2D eigenvalue weighted by molar-refractivity contribution is -0.440. The molecule has 0 aliphatic carbocycles. The maximum atomic E-state index is 14.1. The molecule has 0 spiro atoms. The van der Waals surface area contributed by atoms with Crippen LogP contribution >= 0.6 is 0 Å². The largest absolute Gasteiger partial charge is 0.481 e. The molecule has 0 rings (SSSR count). The summed E-state index contributed by atoms with van der Waals surface area (Å²) >= 11 is 0. The van der Waals surface area contributed by atoms with Crippen molar-refractivity contribution >= 4 is 17.9 Å². The molecule has 368 valence electrons. The Bertz CT molecular complexity index is 1260.